The third-order valence-corrected chi connectivity index (χ3v) is 3.93. The van der Waals surface area contributed by atoms with Crippen LogP contribution in [0.1, 0.15) is 25.8 Å². The summed E-state index contributed by atoms with van der Waals surface area (Å²) in [5.74, 6) is -0.000483. The van der Waals surface area contributed by atoms with Gasteiger partial charge in [0.05, 0.1) is 5.41 Å². The lowest BCUT2D eigenvalue weighted by molar-refractivity contribution is -0.125. The van der Waals surface area contributed by atoms with Gasteiger partial charge in [-0.25, -0.2) is 0 Å². The van der Waals surface area contributed by atoms with Gasteiger partial charge in [0, 0.05) is 42.4 Å². The topological polar surface area (TPSA) is 54.1 Å². The Hall–Kier alpha value is -1.52. The van der Waals surface area contributed by atoms with Gasteiger partial charge in [-0.15, -0.1) is 0 Å². The van der Waals surface area contributed by atoms with Crippen LogP contribution in [0.4, 0.5) is 0 Å². The number of aromatic nitrogens is 1. The van der Waals surface area contributed by atoms with Crippen molar-refractivity contribution in [2.45, 2.75) is 25.7 Å². The van der Waals surface area contributed by atoms with Crippen molar-refractivity contribution in [1.82, 2.24) is 10.3 Å². The molecule has 0 aliphatic heterocycles. The fourth-order valence-corrected chi connectivity index (χ4v) is 2.54. The van der Waals surface area contributed by atoms with Gasteiger partial charge >= 0.3 is 0 Å². The Morgan fingerprint density at radius 3 is 2.90 bits per heavy atom. The van der Waals surface area contributed by atoms with Crippen LogP contribution in [0.25, 0.3) is 10.9 Å². The predicted molar refractivity (Wildman–Crippen MR) is 85.8 cm³/mol. The van der Waals surface area contributed by atoms with E-state index >= 15 is 0 Å². The van der Waals surface area contributed by atoms with Crippen molar-refractivity contribution in [3.8, 4) is 0 Å². The molecule has 0 aliphatic carbocycles. The molecule has 0 atom stereocenters. The number of carbonyl (C=O) groups excluding carboxylic acids is 1. The molecule has 0 fully saturated rings. The maximum absolute atomic E-state index is 12.5. The summed E-state index contributed by atoms with van der Waals surface area (Å²) in [6.07, 6.45) is 2.69. The lowest BCUT2D eigenvalue weighted by atomic mass is 9.83. The van der Waals surface area contributed by atoms with Crippen LogP contribution < -0.4 is 5.32 Å². The molecule has 0 saturated heterocycles. The molecular formula is C16H21ClN2O2. The van der Waals surface area contributed by atoms with Gasteiger partial charge in [-0.3, -0.25) is 4.79 Å². The van der Waals surface area contributed by atoms with E-state index < -0.39 is 5.41 Å². The normalized spacial score (nSPS) is 11.8. The number of ether oxygens (including phenoxy) is 1. The summed E-state index contributed by atoms with van der Waals surface area (Å²) < 4.78 is 4.98. The molecule has 1 heterocycles. The van der Waals surface area contributed by atoms with Gasteiger partial charge in [0.1, 0.15) is 0 Å². The molecule has 0 spiro atoms. The van der Waals surface area contributed by atoms with Crippen LogP contribution in [0.5, 0.6) is 0 Å². The summed E-state index contributed by atoms with van der Waals surface area (Å²) in [5, 5.41) is 4.61. The van der Waals surface area contributed by atoms with Crippen LogP contribution in [-0.4, -0.2) is 31.2 Å². The first-order valence-corrected chi connectivity index (χ1v) is 7.39. The molecule has 1 amide bonds. The molecule has 0 radical (unpaired) electrons. The molecular weight excluding hydrogens is 288 g/mol. The third-order valence-electron chi connectivity index (χ3n) is 3.70. The van der Waals surface area contributed by atoms with Gasteiger partial charge in [0.2, 0.25) is 5.91 Å². The summed E-state index contributed by atoms with van der Waals surface area (Å²) in [6, 6.07) is 5.65. The van der Waals surface area contributed by atoms with Crippen molar-refractivity contribution in [3.05, 3.63) is 35.0 Å². The second kappa shape index (κ2) is 6.50. The fraction of sp³-hybridized carbons (Fsp3) is 0.438. The standard InChI is InChI=1S/C16H21ClN2O2/c1-16(2,15(20)18-7-4-8-21-3)13-10-19-14-6-5-11(17)9-12(13)14/h5-6,9-10,19H,4,7-8H2,1-3H3,(H,18,20). The van der Waals surface area contributed by atoms with Crippen molar-refractivity contribution in [2.24, 2.45) is 0 Å². The number of fused-ring (bicyclic) bond motifs is 1. The highest BCUT2D eigenvalue weighted by Crippen LogP contribution is 2.32. The van der Waals surface area contributed by atoms with Crippen LogP contribution in [0.3, 0.4) is 0 Å². The summed E-state index contributed by atoms with van der Waals surface area (Å²) in [6.45, 7) is 5.09. The Morgan fingerprint density at radius 1 is 1.43 bits per heavy atom. The van der Waals surface area contributed by atoms with Crippen LogP contribution >= 0.6 is 11.6 Å². The zero-order chi connectivity index (χ0) is 15.5. The summed E-state index contributed by atoms with van der Waals surface area (Å²) in [7, 11) is 1.65. The highest BCUT2D eigenvalue weighted by atomic mass is 35.5. The van der Waals surface area contributed by atoms with Crippen LogP contribution in [0.2, 0.25) is 5.02 Å². The maximum atomic E-state index is 12.5. The summed E-state index contributed by atoms with van der Waals surface area (Å²) in [5.41, 5.74) is 1.30. The number of halogens is 1. The first-order valence-electron chi connectivity index (χ1n) is 7.01. The predicted octanol–water partition coefficient (Wildman–Crippen LogP) is 3.25. The number of hydrogen-bond acceptors (Lipinski definition) is 2. The monoisotopic (exact) mass is 308 g/mol. The molecule has 1 aromatic heterocycles. The zero-order valence-corrected chi connectivity index (χ0v) is 13.4. The lowest BCUT2D eigenvalue weighted by Crippen LogP contribution is -2.40. The Balaban J connectivity index is 2.20. The molecule has 0 aliphatic rings. The molecule has 0 bridgehead atoms. The van der Waals surface area contributed by atoms with E-state index in [0.29, 0.717) is 18.2 Å². The summed E-state index contributed by atoms with van der Waals surface area (Å²) >= 11 is 6.07. The quantitative estimate of drug-likeness (QED) is 0.805. The molecule has 21 heavy (non-hydrogen) atoms. The Morgan fingerprint density at radius 2 is 2.19 bits per heavy atom. The molecule has 2 N–H and O–H groups in total. The number of carbonyl (C=O) groups is 1. The number of benzene rings is 1. The molecule has 0 saturated carbocycles. The van der Waals surface area contributed by atoms with Gasteiger partial charge in [0.25, 0.3) is 0 Å². The Kier molecular flexibility index (Phi) is 4.91. The Bertz CT molecular complexity index is 634. The van der Waals surface area contributed by atoms with Gasteiger partial charge in [-0.2, -0.15) is 0 Å². The maximum Gasteiger partial charge on any atom is 0.230 e. The SMILES string of the molecule is COCCCNC(=O)C(C)(C)c1c[nH]c2ccc(Cl)cc12. The number of amides is 1. The largest absolute Gasteiger partial charge is 0.385 e. The average Bonchev–Trinajstić information content (AvgIpc) is 2.86. The van der Waals surface area contributed by atoms with E-state index in [1.54, 1.807) is 7.11 Å². The molecule has 2 aromatic rings. The highest BCUT2D eigenvalue weighted by molar-refractivity contribution is 6.31. The van der Waals surface area contributed by atoms with Crippen LogP contribution in [0, 0.1) is 0 Å². The van der Waals surface area contributed by atoms with Crippen molar-refractivity contribution in [1.29, 1.82) is 0 Å². The number of aromatic amines is 1. The first-order chi connectivity index (χ1) is 9.96. The van der Waals surface area contributed by atoms with Crippen molar-refractivity contribution < 1.29 is 9.53 Å². The summed E-state index contributed by atoms with van der Waals surface area (Å²) in [4.78, 5) is 15.7. The van der Waals surface area contributed by atoms with E-state index in [4.69, 9.17) is 16.3 Å². The average molecular weight is 309 g/mol. The number of nitrogens with one attached hydrogen (secondary N) is 2. The second-order valence-electron chi connectivity index (χ2n) is 5.62. The molecule has 5 heteroatoms. The van der Waals surface area contributed by atoms with Crippen molar-refractivity contribution >= 4 is 28.4 Å². The lowest BCUT2D eigenvalue weighted by Gasteiger charge is -2.23. The van der Waals surface area contributed by atoms with Gasteiger partial charge in [-0.1, -0.05) is 11.6 Å². The van der Waals surface area contributed by atoms with E-state index in [9.17, 15) is 4.79 Å². The van der Waals surface area contributed by atoms with Crippen LogP contribution in [-0.2, 0) is 14.9 Å². The van der Waals surface area contributed by atoms with Gasteiger partial charge in [0.15, 0.2) is 0 Å². The van der Waals surface area contributed by atoms with Crippen molar-refractivity contribution in [2.75, 3.05) is 20.3 Å². The Labute approximate surface area is 129 Å². The second-order valence-corrected chi connectivity index (χ2v) is 6.06. The van der Waals surface area contributed by atoms with E-state index in [-0.39, 0.29) is 5.91 Å². The molecule has 114 valence electrons. The smallest absolute Gasteiger partial charge is 0.230 e. The number of rotatable bonds is 6. The third kappa shape index (κ3) is 3.39. The minimum atomic E-state index is -0.629. The number of methoxy groups -OCH3 is 1. The van der Waals surface area contributed by atoms with Gasteiger partial charge in [-0.05, 0) is 44.0 Å². The molecule has 2 rings (SSSR count). The van der Waals surface area contributed by atoms with E-state index in [2.05, 4.69) is 10.3 Å². The van der Waals surface area contributed by atoms with Crippen LogP contribution in [0.15, 0.2) is 24.4 Å². The molecule has 1 aromatic carbocycles. The molecule has 0 unspecified atom stereocenters. The number of H-pyrrole nitrogens is 1. The van der Waals surface area contributed by atoms with E-state index in [1.165, 1.54) is 0 Å². The fourth-order valence-electron chi connectivity index (χ4n) is 2.37. The minimum absolute atomic E-state index is 0.000483. The zero-order valence-electron chi connectivity index (χ0n) is 12.6. The highest BCUT2D eigenvalue weighted by Gasteiger charge is 2.31. The minimum Gasteiger partial charge on any atom is -0.385 e. The van der Waals surface area contributed by atoms with Crippen molar-refractivity contribution in [3.63, 3.8) is 0 Å². The molecule has 4 nitrogen and oxygen atoms in total. The van der Waals surface area contributed by atoms with E-state index in [1.807, 2.05) is 38.2 Å². The van der Waals surface area contributed by atoms with E-state index in [0.717, 1.165) is 22.9 Å². The van der Waals surface area contributed by atoms with Gasteiger partial charge < -0.3 is 15.0 Å². The first kappa shape index (κ1) is 15.9. The number of hydrogen-bond donors (Lipinski definition) is 2.